The van der Waals surface area contributed by atoms with Crippen LogP contribution in [0.2, 0.25) is 0 Å². The molecule has 0 unspecified atom stereocenters. The van der Waals surface area contributed by atoms with Crippen molar-refractivity contribution in [1.29, 1.82) is 0 Å². The van der Waals surface area contributed by atoms with Crippen LogP contribution in [-0.4, -0.2) is 0 Å². The van der Waals surface area contributed by atoms with Crippen molar-refractivity contribution in [1.82, 2.24) is 0 Å². The molecule has 2 aromatic rings. The van der Waals surface area contributed by atoms with Gasteiger partial charge in [0.15, 0.2) is 0 Å². The Bertz CT molecular complexity index is 524. The molecule has 0 bridgehead atoms. The van der Waals surface area contributed by atoms with Gasteiger partial charge in [-0.05, 0) is 69.4 Å². The van der Waals surface area contributed by atoms with Crippen molar-refractivity contribution in [2.24, 2.45) is 0 Å². The maximum Gasteiger partial charge on any atom is 0.0276 e. The zero-order chi connectivity index (χ0) is 13.4. The Labute approximate surface area is 166 Å². The standard InChI is InChI=1S/C12H4Br4I2/c13-7-1-5(17)2-8(14)11(7)12-9(15)3-6(18)4-10(12)16/h1-4H. The maximum atomic E-state index is 3.64. The summed E-state index contributed by atoms with van der Waals surface area (Å²) in [7, 11) is 0. The summed E-state index contributed by atoms with van der Waals surface area (Å²) in [5.41, 5.74) is 2.29. The minimum atomic E-state index is 1.07. The van der Waals surface area contributed by atoms with E-state index >= 15 is 0 Å². The van der Waals surface area contributed by atoms with Crippen LogP contribution in [0.5, 0.6) is 0 Å². The first-order valence-corrected chi connectivity index (χ1v) is 10.0. The maximum absolute atomic E-state index is 3.64. The van der Waals surface area contributed by atoms with Gasteiger partial charge in [0.25, 0.3) is 0 Å². The molecule has 0 spiro atoms. The van der Waals surface area contributed by atoms with Crippen molar-refractivity contribution in [2.75, 3.05) is 0 Å². The van der Waals surface area contributed by atoms with Crippen LogP contribution in [0.4, 0.5) is 0 Å². The number of halogens is 6. The molecule has 0 aliphatic heterocycles. The lowest BCUT2D eigenvalue weighted by Gasteiger charge is -2.13. The number of hydrogen-bond donors (Lipinski definition) is 0. The zero-order valence-electron chi connectivity index (χ0n) is 8.58. The predicted molar refractivity (Wildman–Crippen MR) is 108 cm³/mol. The Balaban J connectivity index is 2.78. The number of benzene rings is 2. The molecular weight excluding hydrogens is 718 g/mol. The van der Waals surface area contributed by atoms with E-state index in [-0.39, 0.29) is 0 Å². The van der Waals surface area contributed by atoms with Gasteiger partial charge in [0.1, 0.15) is 0 Å². The number of rotatable bonds is 1. The highest BCUT2D eigenvalue weighted by atomic mass is 127. The molecule has 0 aliphatic rings. The summed E-state index contributed by atoms with van der Waals surface area (Å²) in [6.07, 6.45) is 0. The van der Waals surface area contributed by atoms with Crippen LogP contribution < -0.4 is 0 Å². The van der Waals surface area contributed by atoms with Gasteiger partial charge < -0.3 is 0 Å². The van der Waals surface area contributed by atoms with Crippen LogP contribution in [0.25, 0.3) is 11.1 Å². The molecule has 0 radical (unpaired) electrons. The zero-order valence-corrected chi connectivity index (χ0v) is 19.2. The molecule has 0 saturated carbocycles. The first-order chi connectivity index (χ1) is 8.40. The van der Waals surface area contributed by atoms with Crippen molar-refractivity contribution in [3.63, 3.8) is 0 Å². The summed E-state index contributed by atoms with van der Waals surface area (Å²) >= 11 is 19.2. The van der Waals surface area contributed by atoms with Crippen LogP contribution >= 0.6 is 109 Å². The minimum Gasteiger partial charge on any atom is -0.0501 e. The molecule has 6 heteroatoms. The highest BCUT2D eigenvalue weighted by Crippen LogP contribution is 2.44. The van der Waals surface area contributed by atoms with E-state index in [0.29, 0.717) is 0 Å². The van der Waals surface area contributed by atoms with Gasteiger partial charge >= 0.3 is 0 Å². The van der Waals surface area contributed by atoms with E-state index in [0.717, 1.165) is 29.0 Å². The molecule has 0 atom stereocenters. The summed E-state index contributed by atoms with van der Waals surface area (Å²) in [6, 6.07) is 8.43. The smallest absolute Gasteiger partial charge is 0.0276 e. The first-order valence-electron chi connectivity index (χ1n) is 4.69. The van der Waals surface area contributed by atoms with Crippen molar-refractivity contribution >= 4 is 109 Å². The second kappa shape index (κ2) is 6.72. The van der Waals surface area contributed by atoms with Crippen LogP contribution in [0.1, 0.15) is 0 Å². The molecule has 0 fully saturated rings. The fourth-order valence-electron chi connectivity index (χ4n) is 1.56. The Kier molecular flexibility index (Phi) is 6.05. The highest BCUT2D eigenvalue weighted by molar-refractivity contribution is 14.1. The predicted octanol–water partition coefficient (Wildman–Crippen LogP) is 7.61. The van der Waals surface area contributed by atoms with Gasteiger partial charge in [-0.3, -0.25) is 0 Å². The monoisotopic (exact) mass is 718 g/mol. The first kappa shape index (κ1) is 16.2. The van der Waals surface area contributed by atoms with Gasteiger partial charge in [-0.2, -0.15) is 0 Å². The van der Waals surface area contributed by atoms with E-state index in [4.69, 9.17) is 0 Å². The van der Waals surface area contributed by atoms with Gasteiger partial charge in [0, 0.05) is 36.2 Å². The van der Waals surface area contributed by atoms with E-state index in [1.165, 1.54) is 7.14 Å². The largest absolute Gasteiger partial charge is 0.0501 e. The lowest BCUT2D eigenvalue weighted by atomic mass is 10.1. The average molecular weight is 722 g/mol. The van der Waals surface area contributed by atoms with Crippen molar-refractivity contribution in [3.05, 3.63) is 49.3 Å². The van der Waals surface area contributed by atoms with Gasteiger partial charge in [-0.25, -0.2) is 0 Å². The summed E-state index contributed by atoms with van der Waals surface area (Å²) in [6.45, 7) is 0. The van der Waals surface area contributed by atoms with Gasteiger partial charge in [0.2, 0.25) is 0 Å². The second-order valence-corrected chi connectivity index (χ2v) is 9.40. The Morgan fingerprint density at radius 1 is 0.556 bits per heavy atom. The normalized spacial score (nSPS) is 10.8. The molecule has 94 valence electrons. The average Bonchev–Trinajstić information content (AvgIpc) is 2.20. The van der Waals surface area contributed by atoms with E-state index in [1.807, 2.05) is 0 Å². The lowest BCUT2D eigenvalue weighted by molar-refractivity contribution is 1.47. The molecule has 18 heavy (non-hydrogen) atoms. The van der Waals surface area contributed by atoms with E-state index < -0.39 is 0 Å². The molecule has 2 rings (SSSR count). The van der Waals surface area contributed by atoms with Crippen LogP contribution in [-0.2, 0) is 0 Å². The topological polar surface area (TPSA) is 0 Å². The lowest BCUT2D eigenvalue weighted by Crippen LogP contribution is -1.89. The molecule has 2 aromatic carbocycles. The van der Waals surface area contributed by atoms with Crippen molar-refractivity contribution < 1.29 is 0 Å². The summed E-state index contributed by atoms with van der Waals surface area (Å²) < 4.78 is 6.67. The van der Waals surface area contributed by atoms with E-state index in [1.54, 1.807) is 0 Å². The fraction of sp³-hybridized carbons (Fsp3) is 0. The summed E-state index contributed by atoms with van der Waals surface area (Å²) in [5, 5.41) is 0. The van der Waals surface area contributed by atoms with Crippen molar-refractivity contribution in [3.8, 4) is 11.1 Å². The highest BCUT2D eigenvalue weighted by Gasteiger charge is 2.16. The van der Waals surface area contributed by atoms with Crippen molar-refractivity contribution in [2.45, 2.75) is 0 Å². The van der Waals surface area contributed by atoms with Gasteiger partial charge in [0.05, 0.1) is 0 Å². The molecule has 0 aliphatic carbocycles. The van der Waals surface area contributed by atoms with E-state index in [9.17, 15) is 0 Å². The third-order valence-corrected chi connectivity index (χ3v) is 6.01. The fourth-order valence-corrected chi connectivity index (χ4v) is 7.69. The second-order valence-electron chi connectivity index (χ2n) is 3.49. The molecule has 0 nitrogen and oxygen atoms in total. The minimum absolute atomic E-state index is 1.07. The molecule has 0 heterocycles. The van der Waals surface area contributed by atoms with Crippen LogP contribution in [0, 0.1) is 7.14 Å². The van der Waals surface area contributed by atoms with Gasteiger partial charge in [-0.15, -0.1) is 0 Å². The molecule has 0 saturated heterocycles. The third kappa shape index (κ3) is 3.52. The molecule has 0 aromatic heterocycles. The SMILES string of the molecule is Brc1cc(I)cc(Br)c1-c1c(Br)cc(I)cc1Br. The Hall–Kier alpha value is 1.82. The summed E-state index contributed by atoms with van der Waals surface area (Å²) in [5.74, 6) is 0. The molecule has 0 amide bonds. The molecular formula is C12H4Br4I2. The van der Waals surface area contributed by atoms with Crippen LogP contribution in [0.3, 0.4) is 0 Å². The Morgan fingerprint density at radius 3 is 1.00 bits per heavy atom. The van der Waals surface area contributed by atoms with E-state index in [2.05, 4.69) is 133 Å². The third-order valence-electron chi connectivity index (χ3n) is 2.26. The summed E-state index contributed by atoms with van der Waals surface area (Å²) in [4.78, 5) is 0. The van der Waals surface area contributed by atoms with Gasteiger partial charge in [-0.1, -0.05) is 63.7 Å². The van der Waals surface area contributed by atoms with Crippen LogP contribution in [0.15, 0.2) is 42.2 Å². The number of hydrogen-bond acceptors (Lipinski definition) is 0. The quantitative estimate of drug-likeness (QED) is 0.266. The molecule has 0 N–H and O–H groups in total. The Morgan fingerprint density at radius 2 is 0.778 bits per heavy atom.